The van der Waals surface area contributed by atoms with Crippen molar-refractivity contribution in [1.29, 1.82) is 0 Å². The summed E-state index contributed by atoms with van der Waals surface area (Å²) < 4.78 is 7.39. The molecule has 1 aromatic heterocycles. The number of imidazole rings is 1. The monoisotopic (exact) mass is 256 g/mol. The molecule has 0 aliphatic heterocycles. The summed E-state index contributed by atoms with van der Waals surface area (Å²) in [4.78, 5) is 14.8. The largest absolute Gasteiger partial charge is 0.481 e. The summed E-state index contributed by atoms with van der Waals surface area (Å²) in [7, 11) is 1.72. The molecule has 2 rings (SSSR count). The van der Waals surface area contributed by atoms with Crippen molar-refractivity contribution in [3.05, 3.63) is 11.9 Å². The van der Waals surface area contributed by atoms with E-state index < -0.39 is 5.97 Å². The molecule has 0 atom stereocenters. The minimum atomic E-state index is -0.814. The van der Waals surface area contributed by atoms with Crippen LogP contribution >= 0.6 is 11.8 Å². The molecule has 0 saturated heterocycles. The number of thioether (sulfide) groups is 1. The zero-order chi connectivity index (χ0) is 12.4. The molecule has 1 aliphatic carbocycles. The van der Waals surface area contributed by atoms with Crippen LogP contribution in [0.15, 0.2) is 11.4 Å². The molecule has 0 unspecified atom stereocenters. The predicted octanol–water partition coefficient (Wildman–Crippen LogP) is 1.72. The average Bonchev–Trinajstić information content (AvgIpc) is 2.57. The second-order valence-electron chi connectivity index (χ2n) is 4.22. The molecule has 1 fully saturated rings. The van der Waals surface area contributed by atoms with E-state index in [-0.39, 0.29) is 5.75 Å². The number of carboxylic acids is 1. The van der Waals surface area contributed by atoms with Gasteiger partial charge in [0, 0.05) is 25.0 Å². The van der Waals surface area contributed by atoms with Crippen molar-refractivity contribution in [2.24, 2.45) is 0 Å². The number of aryl methyl sites for hydroxylation is 1. The van der Waals surface area contributed by atoms with Crippen LogP contribution in [0.2, 0.25) is 0 Å². The van der Waals surface area contributed by atoms with Crippen LogP contribution in [0.25, 0.3) is 0 Å². The highest BCUT2D eigenvalue weighted by Gasteiger charge is 2.32. The van der Waals surface area contributed by atoms with Gasteiger partial charge in [-0.05, 0) is 19.8 Å². The van der Waals surface area contributed by atoms with Gasteiger partial charge in [0.1, 0.15) is 0 Å². The summed E-state index contributed by atoms with van der Waals surface area (Å²) in [6, 6.07) is 0.402. The number of aliphatic carboxylic acids is 1. The van der Waals surface area contributed by atoms with Gasteiger partial charge >= 0.3 is 5.97 Å². The lowest BCUT2D eigenvalue weighted by molar-refractivity contribution is -0.133. The summed E-state index contributed by atoms with van der Waals surface area (Å²) in [5.41, 5.74) is 1.08. The van der Waals surface area contributed by atoms with Gasteiger partial charge in [0.2, 0.25) is 0 Å². The fourth-order valence-electron chi connectivity index (χ4n) is 2.04. The zero-order valence-electron chi connectivity index (χ0n) is 9.92. The van der Waals surface area contributed by atoms with Crippen molar-refractivity contribution in [3.8, 4) is 0 Å². The fraction of sp³-hybridized carbons (Fsp3) is 0.636. The normalized spacial score (nSPS) is 23.4. The Labute approximate surface area is 104 Å². The molecule has 6 heteroatoms. The van der Waals surface area contributed by atoms with Crippen LogP contribution in [0, 0.1) is 6.92 Å². The Morgan fingerprint density at radius 1 is 1.71 bits per heavy atom. The van der Waals surface area contributed by atoms with Gasteiger partial charge in [-0.1, -0.05) is 11.8 Å². The lowest BCUT2D eigenvalue weighted by atomic mass is 9.89. The van der Waals surface area contributed by atoms with Gasteiger partial charge in [-0.3, -0.25) is 4.79 Å². The van der Waals surface area contributed by atoms with Crippen LogP contribution in [0.5, 0.6) is 0 Å². The highest BCUT2D eigenvalue weighted by Crippen LogP contribution is 2.37. The minimum Gasteiger partial charge on any atom is -0.481 e. The van der Waals surface area contributed by atoms with Gasteiger partial charge in [0.15, 0.2) is 5.16 Å². The molecule has 0 aromatic carbocycles. The number of aromatic nitrogens is 2. The van der Waals surface area contributed by atoms with E-state index >= 15 is 0 Å². The summed E-state index contributed by atoms with van der Waals surface area (Å²) in [5, 5.41) is 9.48. The van der Waals surface area contributed by atoms with Crippen molar-refractivity contribution >= 4 is 17.7 Å². The smallest absolute Gasteiger partial charge is 0.313 e. The molecule has 1 N–H and O–H groups in total. The first-order valence-electron chi connectivity index (χ1n) is 5.53. The Morgan fingerprint density at radius 2 is 2.41 bits per heavy atom. The van der Waals surface area contributed by atoms with Crippen molar-refractivity contribution < 1.29 is 14.6 Å². The minimum absolute atomic E-state index is 0.0525. The lowest BCUT2D eigenvalue weighted by Crippen LogP contribution is -2.33. The van der Waals surface area contributed by atoms with Crippen LogP contribution in [0.3, 0.4) is 0 Å². The molecule has 0 amide bonds. The number of nitrogens with zero attached hydrogens (tertiary/aromatic N) is 2. The van der Waals surface area contributed by atoms with E-state index in [1.165, 1.54) is 11.8 Å². The number of methoxy groups -OCH3 is 1. The molecular weight excluding hydrogens is 240 g/mol. The predicted molar refractivity (Wildman–Crippen MR) is 64.4 cm³/mol. The van der Waals surface area contributed by atoms with Crippen molar-refractivity contribution in [2.75, 3.05) is 12.9 Å². The van der Waals surface area contributed by atoms with Gasteiger partial charge in [-0.25, -0.2) is 4.98 Å². The first-order chi connectivity index (χ1) is 8.11. The number of ether oxygens (including phenoxy) is 1. The lowest BCUT2D eigenvalue weighted by Gasteiger charge is -2.36. The number of hydrogen-bond donors (Lipinski definition) is 1. The molecule has 1 aromatic rings. The Hall–Kier alpha value is -1.01. The highest BCUT2D eigenvalue weighted by molar-refractivity contribution is 7.99. The Morgan fingerprint density at radius 3 is 3.00 bits per heavy atom. The number of carboxylic acid groups (broad SMARTS) is 1. The highest BCUT2D eigenvalue weighted by atomic mass is 32.2. The maximum Gasteiger partial charge on any atom is 0.313 e. The molecule has 1 aliphatic rings. The van der Waals surface area contributed by atoms with E-state index in [0.29, 0.717) is 12.1 Å². The third-order valence-electron chi connectivity index (χ3n) is 3.04. The second kappa shape index (κ2) is 5.10. The number of rotatable bonds is 5. The summed E-state index contributed by atoms with van der Waals surface area (Å²) in [6.07, 6.45) is 4.09. The van der Waals surface area contributed by atoms with Crippen molar-refractivity contribution in [2.45, 2.75) is 37.1 Å². The van der Waals surface area contributed by atoms with E-state index in [2.05, 4.69) is 9.55 Å². The quantitative estimate of drug-likeness (QED) is 0.813. The maximum atomic E-state index is 10.6. The Kier molecular flexibility index (Phi) is 3.73. The van der Waals surface area contributed by atoms with Crippen LogP contribution < -0.4 is 0 Å². The van der Waals surface area contributed by atoms with Gasteiger partial charge in [-0.15, -0.1) is 0 Å². The molecular formula is C11H16N2O3S. The van der Waals surface area contributed by atoms with Gasteiger partial charge in [0.25, 0.3) is 0 Å². The van der Waals surface area contributed by atoms with Gasteiger partial charge in [-0.2, -0.15) is 0 Å². The van der Waals surface area contributed by atoms with E-state index in [1.54, 1.807) is 13.3 Å². The van der Waals surface area contributed by atoms with E-state index in [4.69, 9.17) is 9.84 Å². The SMILES string of the molecule is COC1CC(n2c(C)cnc2SCC(=O)O)C1. The summed E-state index contributed by atoms with van der Waals surface area (Å²) in [5.74, 6) is -0.762. The first kappa shape index (κ1) is 12.4. The molecule has 0 radical (unpaired) electrons. The number of carbonyl (C=O) groups is 1. The molecule has 1 heterocycles. The van der Waals surface area contributed by atoms with Gasteiger partial charge in [0.05, 0.1) is 11.9 Å². The zero-order valence-corrected chi connectivity index (χ0v) is 10.7. The first-order valence-corrected chi connectivity index (χ1v) is 6.51. The van der Waals surface area contributed by atoms with Crippen molar-refractivity contribution in [1.82, 2.24) is 9.55 Å². The van der Waals surface area contributed by atoms with Crippen LogP contribution in [0.4, 0.5) is 0 Å². The van der Waals surface area contributed by atoms with E-state index in [0.717, 1.165) is 23.7 Å². The summed E-state index contributed by atoms with van der Waals surface area (Å²) in [6.45, 7) is 2.00. The Bertz CT molecular complexity index is 413. The molecule has 94 valence electrons. The van der Waals surface area contributed by atoms with E-state index in [9.17, 15) is 4.79 Å². The fourth-order valence-corrected chi connectivity index (χ4v) is 2.85. The third kappa shape index (κ3) is 2.63. The molecule has 5 nitrogen and oxygen atoms in total. The second-order valence-corrected chi connectivity index (χ2v) is 5.16. The molecule has 0 bridgehead atoms. The van der Waals surface area contributed by atoms with Crippen LogP contribution in [-0.4, -0.2) is 39.6 Å². The Balaban J connectivity index is 2.05. The third-order valence-corrected chi connectivity index (χ3v) is 3.99. The standard InChI is InChI=1S/C11H16N2O3S/c1-7-5-12-11(17-6-10(14)15)13(7)8-3-9(4-8)16-2/h5,8-9H,3-4,6H2,1-2H3,(H,14,15). The molecule has 0 spiro atoms. The van der Waals surface area contributed by atoms with Crippen LogP contribution in [0.1, 0.15) is 24.6 Å². The van der Waals surface area contributed by atoms with E-state index in [1.807, 2.05) is 6.92 Å². The average molecular weight is 256 g/mol. The number of hydrogen-bond acceptors (Lipinski definition) is 4. The summed E-state index contributed by atoms with van der Waals surface area (Å²) >= 11 is 1.27. The van der Waals surface area contributed by atoms with Crippen molar-refractivity contribution in [3.63, 3.8) is 0 Å². The van der Waals surface area contributed by atoms with Gasteiger partial charge < -0.3 is 14.4 Å². The van der Waals surface area contributed by atoms with Crippen LogP contribution in [-0.2, 0) is 9.53 Å². The maximum absolute atomic E-state index is 10.6. The topological polar surface area (TPSA) is 64.4 Å². The molecule has 17 heavy (non-hydrogen) atoms. The molecule has 1 saturated carbocycles.